The van der Waals surface area contributed by atoms with Crippen molar-refractivity contribution in [2.24, 2.45) is 5.73 Å². The summed E-state index contributed by atoms with van der Waals surface area (Å²) in [5.74, 6) is -2.56. The number of primary amides is 1. The third-order valence-corrected chi connectivity index (χ3v) is 9.42. The molecule has 2 amide bonds. The summed E-state index contributed by atoms with van der Waals surface area (Å²) in [6.45, 7) is 1.55. The molecule has 1 heterocycles. The van der Waals surface area contributed by atoms with Crippen LogP contribution in [0.2, 0.25) is 10.0 Å². The van der Waals surface area contributed by atoms with Gasteiger partial charge in [-0.3, -0.25) is 9.59 Å². The maximum absolute atomic E-state index is 13.5. The molecule has 0 aliphatic carbocycles. The van der Waals surface area contributed by atoms with Crippen molar-refractivity contribution in [3.63, 3.8) is 0 Å². The second kappa shape index (κ2) is 11.6. The number of nitrogens with zero attached hydrogens (tertiary/aromatic N) is 1. The predicted molar refractivity (Wildman–Crippen MR) is 152 cm³/mol. The van der Waals surface area contributed by atoms with Crippen molar-refractivity contribution in [3.8, 4) is 11.1 Å². The van der Waals surface area contributed by atoms with E-state index in [1.807, 2.05) is 0 Å². The van der Waals surface area contributed by atoms with Crippen molar-refractivity contribution in [2.75, 3.05) is 6.54 Å². The summed E-state index contributed by atoms with van der Waals surface area (Å²) in [7, 11) is -4.17. The van der Waals surface area contributed by atoms with E-state index in [0.717, 1.165) is 9.87 Å². The van der Waals surface area contributed by atoms with Crippen molar-refractivity contribution in [3.05, 3.63) is 87.9 Å². The number of carbonyl (C=O) groups is 3. The van der Waals surface area contributed by atoms with Gasteiger partial charge in [0.25, 0.3) is 0 Å². The number of hydrogen-bond acceptors (Lipinski definition) is 5. The lowest BCUT2D eigenvalue weighted by molar-refractivity contribution is -0.143. The van der Waals surface area contributed by atoms with Crippen LogP contribution < -0.4 is 11.1 Å². The van der Waals surface area contributed by atoms with E-state index in [-0.39, 0.29) is 34.3 Å². The number of nitrogens with two attached hydrogens (primary N) is 1. The number of aliphatic carboxylic acids is 1. The zero-order valence-corrected chi connectivity index (χ0v) is 23.8. The first kappa shape index (κ1) is 29.5. The van der Waals surface area contributed by atoms with E-state index in [1.54, 1.807) is 48.5 Å². The van der Waals surface area contributed by atoms with Crippen molar-refractivity contribution < 1.29 is 27.9 Å². The number of hydrogen-bond donors (Lipinski definition) is 3. The minimum atomic E-state index is -4.17. The van der Waals surface area contributed by atoms with Gasteiger partial charge in [-0.05, 0) is 60.7 Å². The number of sulfonamides is 1. The lowest BCUT2D eigenvalue weighted by Gasteiger charge is -2.34. The van der Waals surface area contributed by atoms with Crippen LogP contribution in [0.15, 0.2) is 71.6 Å². The molecule has 40 heavy (non-hydrogen) atoms. The van der Waals surface area contributed by atoms with Crippen LogP contribution in [0.1, 0.15) is 35.7 Å². The Balaban J connectivity index is 1.54. The fraction of sp³-hybridized carbons (Fsp3) is 0.250. The smallest absolute Gasteiger partial charge is 0.326 e. The third kappa shape index (κ3) is 6.00. The van der Waals surface area contributed by atoms with Gasteiger partial charge < -0.3 is 16.2 Å². The first-order chi connectivity index (χ1) is 18.8. The minimum Gasteiger partial charge on any atom is -0.480 e. The summed E-state index contributed by atoms with van der Waals surface area (Å²) in [6, 6.07) is 16.3. The standard InChI is InChI=1S/C28H27Cl2N3O6S/c1-28(11-4-12-33(28)40(38,39)21-15-19(29)14-20(30)16-21)27(37)32-24(26(35)36)13-17-7-9-18(10-8-17)22-5-2-3-6-23(22)25(31)34/h2-3,5-10,14-16,24H,4,11-13H2,1H3,(H2,31,34)(H,32,37)(H,35,36)/t24-,28-/m0/s1. The minimum absolute atomic E-state index is 0.0500. The molecule has 1 saturated heterocycles. The van der Waals surface area contributed by atoms with Crippen molar-refractivity contribution in [2.45, 2.75) is 42.7 Å². The fourth-order valence-corrected chi connectivity index (χ4v) is 7.41. The fourth-order valence-electron chi connectivity index (χ4n) is 4.87. The van der Waals surface area contributed by atoms with E-state index in [4.69, 9.17) is 28.9 Å². The number of benzene rings is 3. The Bertz CT molecular complexity index is 1560. The van der Waals surface area contributed by atoms with E-state index < -0.39 is 39.4 Å². The highest BCUT2D eigenvalue weighted by atomic mass is 35.5. The number of carboxylic acids is 1. The molecule has 210 valence electrons. The Kier molecular flexibility index (Phi) is 8.55. The van der Waals surface area contributed by atoms with E-state index >= 15 is 0 Å². The number of carboxylic acid groups (broad SMARTS) is 1. The van der Waals surface area contributed by atoms with Gasteiger partial charge in [-0.2, -0.15) is 4.31 Å². The van der Waals surface area contributed by atoms with E-state index in [1.165, 1.54) is 25.1 Å². The van der Waals surface area contributed by atoms with Crippen LogP contribution >= 0.6 is 23.2 Å². The quantitative estimate of drug-likeness (QED) is 0.335. The maximum Gasteiger partial charge on any atom is 0.326 e. The number of carbonyl (C=O) groups excluding carboxylic acids is 2. The van der Waals surface area contributed by atoms with Gasteiger partial charge in [0, 0.05) is 28.6 Å². The summed E-state index contributed by atoms with van der Waals surface area (Å²) in [4.78, 5) is 37.2. The van der Waals surface area contributed by atoms with Crippen LogP contribution in [-0.2, 0) is 26.0 Å². The summed E-state index contributed by atoms with van der Waals surface area (Å²) in [6.07, 6.45) is 0.557. The van der Waals surface area contributed by atoms with Gasteiger partial charge in [0.05, 0.1) is 4.90 Å². The lowest BCUT2D eigenvalue weighted by atomic mass is 9.96. The van der Waals surface area contributed by atoms with Crippen LogP contribution in [0.5, 0.6) is 0 Å². The van der Waals surface area contributed by atoms with Gasteiger partial charge in [0.1, 0.15) is 11.6 Å². The molecular weight excluding hydrogens is 577 g/mol. The first-order valence-electron chi connectivity index (χ1n) is 12.3. The Labute approximate surface area is 241 Å². The molecule has 12 heteroatoms. The molecule has 1 aliphatic rings. The molecule has 0 radical (unpaired) electrons. The van der Waals surface area contributed by atoms with Gasteiger partial charge in [0.15, 0.2) is 0 Å². The molecule has 0 bridgehead atoms. The van der Waals surface area contributed by atoms with Gasteiger partial charge in [0.2, 0.25) is 21.8 Å². The van der Waals surface area contributed by atoms with Crippen molar-refractivity contribution in [1.82, 2.24) is 9.62 Å². The summed E-state index contributed by atoms with van der Waals surface area (Å²) in [5.41, 5.74) is 6.28. The lowest BCUT2D eigenvalue weighted by Crippen LogP contribution is -2.58. The molecule has 0 spiro atoms. The highest BCUT2D eigenvalue weighted by Crippen LogP contribution is 2.36. The molecule has 4 rings (SSSR count). The molecule has 3 aromatic carbocycles. The molecule has 0 saturated carbocycles. The molecule has 3 aromatic rings. The molecule has 1 aliphatic heterocycles. The average Bonchev–Trinajstić information content (AvgIpc) is 3.31. The summed E-state index contributed by atoms with van der Waals surface area (Å²) in [5, 5.41) is 12.7. The van der Waals surface area contributed by atoms with Gasteiger partial charge >= 0.3 is 5.97 Å². The molecule has 0 aromatic heterocycles. The topological polar surface area (TPSA) is 147 Å². The van der Waals surface area contributed by atoms with E-state index in [9.17, 15) is 27.9 Å². The highest BCUT2D eigenvalue weighted by molar-refractivity contribution is 7.89. The number of amides is 2. The first-order valence-corrected chi connectivity index (χ1v) is 14.5. The van der Waals surface area contributed by atoms with Crippen LogP contribution in [-0.4, -0.2) is 53.7 Å². The number of halogens is 2. The molecule has 1 fully saturated rings. The van der Waals surface area contributed by atoms with E-state index in [0.29, 0.717) is 23.1 Å². The summed E-state index contributed by atoms with van der Waals surface area (Å²) >= 11 is 12.0. The largest absolute Gasteiger partial charge is 0.480 e. The monoisotopic (exact) mass is 603 g/mol. The number of nitrogens with one attached hydrogen (secondary N) is 1. The second-order valence-corrected chi connectivity index (χ2v) is 12.5. The molecule has 2 atom stereocenters. The maximum atomic E-state index is 13.5. The molecule has 4 N–H and O–H groups in total. The summed E-state index contributed by atoms with van der Waals surface area (Å²) < 4.78 is 28.0. The third-order valence-electron chi connectivity index (χ3n) is 6.99. The molecule has 0 unspecified atom stereocenters. The zero-order valence-electron chi connectivity index (χ0n) is 21.4. The Hall–Kier alpha value is -3.44. The molecular formula is C28H27Cl2N3O6S. The van der Waals surface area contributed by atoms with Crippen LogP contribution in [0.25, 0.3) is 11.1 Å². The van der Waals surface area contributed by atoms with E-state index in [2.05, 4.69) is 5.32 Å². The van der Waals surface area contributed by atoms with Crippen molar-refractivity contribution >= 4 is 51.0 Å². The SMILES string of the molecule is C[C@@]1(C(=O)N[C@@H](Cc2ccc(-c3ccccc3C(N)=O)cc2)C(=O)O)CCCN1S(=O)(=O)c1cc(Cl)cc(Cl)c1. The van der Waals surface area contributed by atoms with Crippen molar-refractivity contribution in [1.29, 1.82) is 0 Å². The average molecular weight is 605 g/mol. The predicted octanol–water partition coefficient (Wildman–Crippen LogP) is 4.11. The Morgan fingerprint density at radius 2 is 1.68 bits per heavy atom. The Morgan fingerprint density at radius 1 is 1.05 bits per heavy atom. The van der Waals surface area contributed by atoms with Gasteiger partial charge in [-0.1, -0.05) is 65.7 Å². The second-order valence-electron chi connectivity index (χ2n) is 9.73. The van der Waals surface area contributed by atoms with Crippen LogP contribution in [0, 0.1) is 0 Å². The normalized spacial score (nSPS) is 18.3. The van der Waals surface area contributed by atoms with Gasteiger partial charge in [-0.15, -0.1) is 0 Å². The highest BCUT2D eigenvalue weighted by Gasteiger charge is 2.50. The van der Waals surface area contributed by atoms with Crippen LogP contribution in [0.3, 0.4) is 0 Å². The van der Waals surface area contributed by atoms with Crippen LogP contribution in [0.4, 0.5) is 0 Å². The Morgan fingerprint density at radius 3 is 2.27 bits per heavy atom. The van der Waals surface area contributed by atoms with Gasteiger partial charge in [-0.25, -0.2) is 13.2 Å². The molecule has 9 nitrogen and oxygen atoms in total. The zero-order chi connectivity index (χ0) is 29.2. The number of rotatable bonds is 9.